The van der Waals surface area contributed by atoms with Gasteiger partial charge in [0, 0.05) is 9.58 Å². The van der Waals surface area contributed by atoms with Crippen LogP contribution in [0.15, 0.2) is 24.3 Å². The predicted octanol–water partition coefficient (Wildman–Crippen LogP) is 3.25. The molecule has 0 saturated heterocycles. The number of hydroxylamine groups is 1. The summed E-state index contributed by atoms with van der Waals surface area (Å²) in [7, 11) is 0. The number of nitrogens with one attached hydrogen (secondary N) is 1. The Balaban J connectivity index is 2.62. The maximum Gasteiger partial charge on any atom is 0.0637 e. The molecule has 14 heavy (non-hydrogen) atoms. The fraction of sp³-hybridized carbons (Fsp3) is 0.273. The molecule has 1 heterocycles. The first-order valence-corrected chi connectivity index (χ1v) is 5.43. The second-order valence-corrected chi connectivity index (χ2v) is 4.52. The Morgan fingerprint density at radius 1 is 1.36 bits per heavy atom. The maximum absolute atomic E-state index is 8.89. The molecule has 0 radical (unpaired) electrons. The summed E-state index contributed by atoms with van der Waals surface area (Å²) in [5, 5.41) is 10.2. The van der Waals surface area contributed by atoms with Crippen LogP contribution in [0.1, 0.15) is 23.4 Å². The second-order valence-electron chi connectivity index (χ2n) is 3.44. The zero-order valence-corrected chi connectivity index (χ0v) is 9.06. The Morgan fingerprint density at radius 3 is 2.71 bits per heavy atom. The van der Waals surface area contributed by atoms with E-state index in [0.717, 1.165) is 0 Å². The van der Waals surface area contributed by atoms with Crippen LogP contribution in [0.25, 0.3) is 10.1 Å². The number of thiophene rings is 1. The quantitative estimate of drug-likeness (QED) is 0.741. The van der Waals surface area contributed by atoms with Gasteiger partial charge in [0.05, 0.1) is 6.04 Å². The highest BCUT2D eigenvalue weighted by Gasteiger charge is 2.12. The van der Waals surface area contributed by atoms with Crippen LogP contribution in [-0.4, -0.2) is 5.21 Å². The monoisotopic (exact) mass is 207 g/mol. The lowest BCUT2D eigenvalue weighted by Crippen LogP contribution is -2.12. The largest absolute Gasteiger partial charge is 0.316 e. The summed E-state index contributed by atoms with van der Waals surface area (Å²) >= 11 is 1.73. The Kier molecular flexibility index (Phi) is 2.54. The number of fused-ring (bicyclic) bond motifs is 1. The van der Waals surface area contributed by atoms with E-state index in [0.29, 0.717) is 0 Å². The Labute approximate surface area is 87.1 Å². The van der Waals surface area contributed by atoms with E-state index in [1.54, 1.807) is 11.3 Å². The molecule has 0 bridgehead atoms. The lowest BCUT2D eigenvalue weighted by molar-refractivity contribution is 0.134. The Morgan fingerprint density at radius 2 is 2.07 bits per heavy atom. The van der Waals surface area contributed by atoms with Crippen molar-refractivity contribution in [2.45, 2.75) is 19.9 Å². The molecule has 0 aliphatic carbocycles. The minimum atomic E-state index is 0.00685. The Hall–Kier alpha value is -0.900. The lowest BCUT2D eigenvalue weighted by Gasteiger charge is -2.06. The van der Waals surface area contributed by atoms with Crippen molar-refractivity contribution in [1.82, 2.24) is 5.48 Å². The fourth-order valence-corrected chi connectivity index (χ4v) is 2.87. The second kappa shape index (κ2) is 3.69. The summed E-state index contributed by atoms with van der Waals surface area (Å²) in [4.78, 5) is 1.20. The van der Waals surface area contributed by atoms with Crippen LogP contribution in [0, 0.1) is 6.92 Å². The van der Waals surface area contributed by atoms with Crippen molar-refractivity contribution in [3.05, 3.63) is 34.7 Å². The summed E-state index contributed by atoms with van der Waals surface area (Å²) in [5.74, 6) is 0. The first-order valence-electron chi connectivity index (χ1n) is 4.61. The van der Waals surface area contributed by atoms with Crippen molar-refractivity contribution in [3.8, 4) is 0 Å². The van der Waals surface area contributed by atoms with E-state index >= 15 is 0 Å². The molecule has 2 aromatic rings. The SMILES string of the molecule is Cc1c(C(C)NO)sc2ccccc12. The van der Waals surface area contributed by atoms with Crippen LogP contribution in [-0.2, 0) is 0 Å². The van der Waals surface area contributed by atoms with Gasteiger partial charge in [0.2, 0.25) is 0 Å². The zero-order valence-electron chi connectivity index (χ0n) is 8.24. The van der Waals surface area contributed by atoms with E-state index in [1.807, 2.05) is 19.1 Å². The number of aryl methyl sites for hydroxylation is 1. The van der Waals surface area contributed by atoms with Crippen molar-refractivity contribution < 1.29 is 5.21 Å². The van der Waals surface area contributed by atoms with Crippen LogP contribution in [0.2, 0.25) is 0 Å². The van der Waals surface area contributed by atoms with E-state index in [4.69, 9.17) is 5.21 Å². The van der Waals surface area contributed by atoms with E-state index in [2.05, 4.69) is 24.5 Å². The predicted molar refractivity (Wildman–Crippen MR) is 59.9 cm³/mol. The van der Waals surface area contributed by atoms with Gasteiger partial charge in [0.25, 0.3) is 0 Å². The molecular formula is C11H13NOS. The summed E-state index contributed by atoms with van der Waals surface area (Å²) in [6.07, 6.45) is 0. The normalized spacial score (nSPS) is 13.4. The van der Waals surface area contributed by atoms with Gasteiger partial charge >= 0.3 is 0 Å². The molecule has 0 amide bonds. The average Bonchev–Trinajstić information content (AvgIpc) is 2.56. The van der Waals surface area contributed by atoms with Gasteiger partial charge in [0.1, 0.15) is 0 Å². The molecular weight excluding hydrogens is 194 g/mol. The third kappa shape index (κ3) is 1.43. The van der Waals surface area contributed by atoms with Gasteiger partial charge < -0.3 is 5.21 Å². The van der Waals surface area contributed by atoms with Gasteiger partial charge in [-0.1, -0.05) is 18.2 Å². The minimum Gasteiger partial charge on any atom is -0.316 e. The zero-order chi connectivity index (χ0) is 10.1. The summed E-state index contributed by atoms with van der Waals surface area (Å²) < 4.78 is 1.28. The van der Waals surface area contributed by atoms with Crippen molar-refractivity contribution >= 4 is 21.4 Å². The third-order valence-corrected chi connectivity index (χ3v) is 3.92. The molecule has 1 atom stereocenters. The minimum absolute atomic E-state index is 0.00685. The van der Waals surface area contributed by atoms with Crippen molar-refractivity contribution in [1.29, 1.82) is 0 Å². The standard InChI is InChI=1S/C11H13NOS/c1-7-9-5-3-4-6-10(9)14-11(7)8(2)12-13/h3-6,8,12-13H,1-2H3. The van der Waals surface area contributed by atoms with Crippen molar-refractivity contribution in [3.63, 3.8) is 0 Å². The molecule has 0 spiro atoms. The molecule has 1 aromatic heterocycles. The van der Waals surface area contributed by atoms with Crippen LogP contribution in [0.4, 0.5) is 0 Å². The molecule has 2 N–H and O–H groups in total. The van der Waals surface area contributed by atoms with Crippen LogP contribution >= 0.6 is 11.3 Å². The molecule has 74 valence electrons. The van der Waals surface area contributed by atoms with Crippen molar-refractivity contribution in [2.75, 3.05) is 0 Å². The van der Waals surface area contributed by atoms with Gasteiger partial charge in [-0.15, -0.1) is 11.3 Å². The van der Waals surface area contributed by atoms with Gasteiger partial charge in [-0.2, -0.15) is 5.48 Å². The fourth-order valence-electron chi connectivity index (χ4n) is 1.66. The first kappa shape index (κ1) is 9.65. The number of hydrogen-bond acceptors (Lipinski definition) is 3. The number of hydrogen-bond donors (Lipinski definition) is 2. The van der Waals surface area contributed by atoms with Gasteiger partial charge in [-0.05, 0) is 30.9 Å². The van der Waals surface area contributed by atoms with Crippen LogP contribution < -0.4 is 5.48 Å². The van der Waals surface area contributed by atoms with E-state index in [-0.39, 0.29) is 6.04 Å². The van der Waals surface area contributed by atoms with Crippen LogP contribution in [0.5, 0.6) is 0 Å². The summed E-state index contributed by atoms with van der Waals surface area (Å²) in [6.45, 7) is 4.06. The highest BCUT2D eigenvalue weighted by Crippen LogP contribution is 2.34. The van der Waals surface area contributed by atoms with E-state index < -0.39 is 0 Å². The average molecular weight is 207 g/mol. The number of benzene rings is 1. The maximum atomic E-state index is 8.89. The smallest absolute Gasteiger partial charge is 0.0637 e. The summed E-state index contributed by atoms with van der Waals surface area (Å²) in [5.41, 5.74) is 3.56. The van der Waals surface area contributed by atoms with Crippen LogP contribution in [0.3, 0.4) is 0 Å². The molecule has 2 nitrogen and oxygen atoms in total. The molecule has 1 unspecified atom stereocenters. The third-order valence-electron chi connectivity index (χ3n) is 2.47. The highest BCUT2D eigenvalue weighted by molar-refractivity contribution is 7.19. The molecule has 3 heteroatoms. The molecule has 2 rings (SSSR count). The molecule has 1 aromatic carbocycles. The number of rotatable bonds is 2. The van der Waals surface area contributed by atoms with Gasteiger partial charge in [-0.3, -0.25) is 0 Å². The van der Waals surface area contributed by atoms with E-state index in [9.17, 15) is 0 Å². The first-order chi connectivity index (χ1) is 6.74. The van der Waals surface area contributed by atoms with Crippen molar-refractivity contribution in [2.24, 2.45) is 0 Å². The summed E-state index contributed by atoms with van der Waals surface area (Å²) in [6, 6.07) is 8.32. The molecule has 0 aliphatic rings. The van der Waals surface area contributed by atoms with Gasteiger partial charge in [0.15, 0.2) is 0 Å². The van der Waals surface area contributed by atoms with Gasteiger partial charge in [-0.25, -0.2) is 0 Å². The lowest BCUT2D eigenvalue weighted by atomic mass is 10.1. The molecule has 0 fully saturated rings. The Bertz CT molecular complexity index is 449. The molecule has 0 aliphatic heterocycles. The molecule has 0 saturated carbocycles. The topological polar surface area (TPSA) is 32.3 Å². The van der Waals surface area contributed by atoms with E-state index in [1.165, 1.54) is 20.5 Å². The highest BCUT2D eigenvalue weighted by atomic mass is 32.1.